The van der Waals surface area contributed by atoms with Crippen molar-refractivity contribution < 1.29 is 5.11 Å². The molecule has 0 spiro atoms. The van der Waals surface area contributed by atoms with E-state index in [0.717, 1.165) is 18.8 Å². The van der Waals surface area contributed by atoms with Crippen LogP contribution in [-0.4, -0.2) is 11.2 Å². The number of aliphatic hydroxyl groups excluding tert-OH is 1. The highest BCUT2D eigenvalue weighted by Crippen LogP contribution is 2.32. The highest BCUT2D eigenvalue weighted by molar-refractivity contribution is 5.25. The Labute approximate surface area is 80.2 Å². The average Bonchev–Trinajstić information content (AvgIpc) is 2.20. The zero-order valence-electron chi connectivity index (χ0n) is 8.08. The van der Waals surface area contributed by atoms with Gasteiger partial charge in [-0.1, -0.05) is 18.2 Å². The molecule has 0 aromatic rings. The molecule has 0 aromatic heterocycles. The van der Waals surface area contributed by atoms with Gasteiger partial charge in [-0.05, 0) is 50.0 Å². The molecule has 2 aliphatic rings. The van der Waals surface area contributed by atoms with Crippen LogP contribution in [0.25, 0.3) is 0 Å². The van der Waals surface area contributed by atoms with Gasteiger partial charge in [0.2, 0.25) is 0 Å². The van der Waals surface area contributed by atoms with Gasteiger partial charge in [0.15, 0.2) is 0 Å². The Hall–Kier alpha value is -0.560. The van der Waals surface area contributed by atoms with Crippen LogP contribution in [0.4, 0.5) is 0 Å². The molecular weight excluding hydrogens is 160 g/mol. The molecule has 0 atom stereocenters. The van der Waals surface area contributed by atoms with Crippen LogP contribution in [0.1, 0.15) is 38.5 Å². The van der Waals surface area contributed by atoms with E-state index in [1.54, 1.807) is 0 Å². The van der Waals surface area contributed by atoms with Crippen molar-refractivity contribution in [3.05, 3.63) is 23.8 Å². The Morgan fingerprint density at radius 1 is 1.08 bits per heavy atom. The summed E-state index contributed by atoms with van der Waals surface area (Å²) in [6.07, 6.45) is 13.7. The van der Waals surface area contributed by atoms with Gasteiger partial charge in [-0.3, -0.25) is 0 Å². The van der Waals surface area contributed by atoms with Crippen molar-refractivity contribution in [2.45, 2.75) is 44.6 Å². The van der Waals surface area contributed by atoms with Gasteiger partial charge in [0.05, 0.1) is 6.10 Å². The summed E-state index contributed by atoms with van der Waals surface area (Å²) in [5.74, 6) is 0.736. The molecule has 0 unspecified atom stereocenters. The quantitative estimate of drug-likeness (QED) is 0.654. The summed E-state index contributed by atoms with van der Waals surface area (Å²) < 4.78 is 0. The SMILES string of the molecule is OC1CCC(C2=CCCC=C2)CC1. The molecule has 0 heterocycles. The minimum Gasteiger partial charge on any atom is -0.393 e. The second kappa shape index (κ2) is 4.10. The highest BCUT2D eigenvalue weighted by Gasteiger charge is 2.21. The van der Waals surface area contributed by atoms with E-state index >= 15 is 0 Å². The molecule has 0 bridgehead atoms. The Morgan fingerprint density at radius 2 is 1.85 bits per heavy atom. The first-order chi connectivity index (χ1) is 6.36. The smallest absolute Gasteiger partial charge is 0.0540 e. The van der Waals surface area contributed by atoms with Gasteiger partial charge < -0.3 is 5.11 Å². The summed E-state index contributed by atoms with van der Waals surface area (Å²) in [4.78, 5) is 0. The van der Waals surface area contributed by atoms with E-state index in [0.29, 0.717) is 0 Å². The predicted molar refractivity (Wildman–Crippen MR) is 54.4 cm³/mol. The van der Waals surface area contributed by atoms with E-state index < -0.39 is 0 Å². The maximum absolute atomic E-state index is 9.39. The monoisotopic (exact) mass is 178 g/mol. The minimum absolute atomic E-state index is 0.0237. The van der Waals surface area contributed by atoms with E-state index in [4.69, 9.17) is 0 Å². The van der Waals surface area contributed by atoms with Crippen molar-refractivity contribution in [1.29, 1.82) is 0 Å². The van der Waals surface area contributed by atoms with Crippen LogP contribution in [0.3, 0.4) is 0 Å². The first kappa shape index (κ1) is 9.01. The Bertz CT molecular complexity index is 219. The second-order valence-electron chi connectivity index (χ2n) is 4.19. The topological polar surface area (TPSA) is 20.2 Å². The molecule has 0 aliphatic heterocycles. The van der Waals surface area contributed by atoms with E-state index in [-0.39, 0.29) is 6.10 Å². The van der Waals surface area contributed by atoms with Crippen molar-refractivity contribution >= 4 is 0 Å². The molecule has 1 N–H and O–H groups in total. The molecule has 72 valence electrons. The fourth-order valence-electron chi connectivity index (χ4n) is 2.35. The Morgan fingerprint density at radius 3 is 2.46 bits per heavy atom. The fraction of sp³-hybridized carbons (Fsp3) is 0.667. The molecule has 0 radical (unpaired) electrons. The fourth-order valence-corrected chi connectivity index (χ4v) is 2.35. The third-order valence-corrected chi connectivity index (χ3v) is 3.19. The maximum Gasteiger partial charge on any atom is 0.0540 e. The van der Waals surface area contributed by atoms with Crippen molar-refractivity contribution in [1.82, 2.24) is 0 Å². The average molecular weight is 178 g/mol. The van der Waals surface area contributed by atoms with E-state index in [2.05, 4.69) is 18.2 Å². The molecule has 1 saturated carbocycles. The zero-order valence-corrected chi connectivity index (χ0v) is 8.08. The van der Waals surface area contributed by atoms with Crippen LogP contribution in [0, 0.1) is 5.92 Å². The molecule has 2 aliphatic carbocycles. The van der Waals surface area contributed by atoms with Gasteiger partial charge >= 0.3 is 0 Å². The maximum atomic E-state index is 9.39. The first-order valence-corrected chi connectivity index (χ1v) is 5.41. The highest BCUT2D eigenvalue weighted by atomic mass is 16.3. The molecule has 0 amide bonds. The lowest BCUT2D eigenvalue weighted by Gasteiger charge is -2.27. The van der Waals surface area contributed by atoms with Gasteiger partial charge in [0.1, 0.15) is 0 Å². The first-order valence-electron chi connectivity index (χ1n) is 5.41. The summed E-state index contributed by atoms with van der Waals surface area (Å²) in [6, 6.07) is 0. The molecule has 13 heavy (non-hydrogen) atoms. The molecule has 1 nitrogen and oxygen atoms in total. The van der Waals surface area contributed by atoms with Crippen molar-refractivity contribution in [3.8, 4) is 0 Å². The summed E-state index contributed by atoms with van der Waals surface area (Å²) in [5.41, 5.74) is 1.53. The molecule has 2 rings (SSSR count). The zero-order chi connectivity index (χ0) is 9.10. The normalized spacial score (nSPS) is 34.4. The predicted octanol–water partition coefficient (Wildman–Crippen LogP) is 2.81. The van der Waals surface area contributed by atoms with Gasteiger partial charge in [-0.15, -0.1) is 0 Å². The van der Waals surface area contributed by atoms with Crippen LogP contribution >= 0.6 is 0 Å². The molecule has 0 saturated heterocycles. The third kappa shape index (κ3) is 2.22. The molecule has 0 aromatic carbocycles. The van der Waals surface area contributed by atoms with Crippen molar-refractivity contribution in [2.75, 3.05) is 0 Å². The number of hydrogen-bond acceptors (Lipinski definition) is 1. The lowest BCUT2D eigenvalue weighted by Crippen LogP contribution is -2.19. The van der Waals surface area contributed by atoms with E-state index in [1.807, 2.05) is 0 Å². The molecule has 1 heteroatoms. The van der Waals surface area contributed by atoms with Gasteiger partial charge in [0, 0.05) is 0 Å². The summed E-state index contributed by atoms with van der Waals surface area (Å²) in [5, 5.41) is 9.39. The summed E-state index contributed by atoms with van der Waals surface area (Å²) >= 11 is 0. The number of aliphatic hydroxyl groups is 1. The Balaban J connectivity index is 1.94. The Kier molecular flexibility index (Phi) is 2.84. The van der Waals surface area contributed by atoms with Gasteiger partial charge in [-0.25, -0.2) is 0 Å². The molecular formula is C12H18O. The van der Waals surface area contributed by atoms with Crippen LogP contribution in [0.2, 0.25) is 0 Å². The largest absolute Gasteiger partial charge is 0.393 e. The van der Waals surface area contributed by atoms with Crippen molar-refractivity contribution in [3.63, 3.8) is 0 Å². The summed E-state index contributed by atoms with van der Waals surface area (Å²) in [7, 11) is 0. The lowest BCUT2D eigenvalue weighted by atomic mass is 9.81. The third-order valence-electron chi connectivity index (χ3n) is 3.19. The van der Waals surface area contributed by atoms with Crippen LogP contribution < -0.4 is 0 Å². The van der Waals surface area contributed by atoms with Crippen molar-refractivity contribution in [2.24, 2.45) is 5.92 Å². The van der Waals surface area contributed by atoms with E-state index in [1.165, 1.54) is 31.3 Å². The van der Waals surface area contributed by atoms with Gasteiger partial charge in [-0.2, -0.15) is 0 Å². The van der Waals surface area contributed by atoms with Crippen LogP contribution in [0.5, 0.6) is 0 Å². The second-order valence-corrected chi connectivity index (χ2v) is 4.19. The number of rotatable bonds is 1. The number of allylic oxidation sites excluding steroid dienone is 4. The minimum atomic E-state index is -0.0237. The summed E-state index contributed by atoms with van der Waals surface area (Å²) in [6.45, 7) is 0. The lowest BCUT2D eigenvalue weighted by molar-refractivity contribution is 0.116. The van der Waals surface area contributed by atoms with Crippen LogP contribution in [0.15, 0.2) is 23.8 Å². The standard InChI is InChI=1S/C12H18O/c13-12-8-6-11(7-9-12)10-4-2-1-3-5-10/h2,4-5,11-13H,1,3,6-9H2. The van der Waals surface area contributed by atoms with E-state index in [9.17, 15) is 5.11 Å². The van der Waals surface area contributed by atoms with Crippen LogP contribution in [-0.2, 0) is 0 Å². The molecule has 1 fully saturated rings. The number of hydrogen-bond donors (Lipinski definition) is 1. The van der Waals surface area contributed by atoms with Gasteiger partial charge in [0.25, 0.3) is 0 Å².